The Kier molecular flexibility index (Phi) is 6.03. The number of anilines is 1. The summed E-state index contributed by atoms with van der Waals surface area (Å²) in [7, 11) is 0. The predicted octanol–water partition coefficient (Wildman–Crippen LogP) is 6.83. The number of ketones is 1. The van der Waals surface area contributed by atoms with Gasteiger partial charge in [-0.15, -0.1) is 0 Å². The number of nitrogens with one attached hydrogen (secondary N) is 2. The normalized spacial score (nSPS) is 17.4. The van der Waals surface area contributed by atoms with Crippen molar-refractivity contribution < 1.29 is 4.79 Å². The number of aliphatic imine (C=N–C) groups is 1. The topological polar surface area (TPSA) is 79.3 Å². The molecule has 2 heterocycles. The minimum Gasteiger partial charge on any atom is -0.329 e. The molecule has 2 aliphatic rings. The van der Waals surface area contributed by atoms with Gasteiger partial charge in [0.1, 0.15) is 6.04 Å². The van der Waals surface area contributed by atoms with Crippen molar-refractivity contribution in [1.29, 1.82) is 0 Å². The number of allylic oxidation sites excluding steroid dienone is 1. The molecule has 1 atom stereocenters. The second-order valence-electron chi connectivity index (χ2n) is 8.78. The lowest BCUT2D eigenvalue weighted by molar-refractivity contribution is -0.116. The SMILES string of the molecule is O=C1CCCC2=C1C(c1cccc(Br)c1)N=C(Nc1nc(-c3ccccc3)c3cc(Cl)ccc3n1)N2. The van der Waals surface area contributed by atoms with E-state index >= 15 is 0 Å². The van der Waals surface area contributed by atoms with Crippen LogP contribution in [0.3, 0.4) is 0 Å². The lowest BCUT2D eigenvalue weighted by Crippen LogP contribution is -2.39. The van der Waals surface area contributed by atoms with Crippen molar-refractivity contribution in [3.8, 4) is 11.3 Å². The Morgan fingerprint density at radius 1 is 0.972 bits per heavy atom. The van der Waals surface area contributed by atoms with Crippen LogP contribution in [0.5, 0.6) is 0 Å². The fourth-order valence-corrected chi connectivity index (χ4v) is 5.33. The molecule has 8 heteroatoms. The molecule has 6 nitrogen and oxygen atoms in total. The first kappa shape index (κ1) is 22.9. The lowest BCUT2D eigenvalue weighted by atomic mass is 9.86. The zero-order valence-corrected chi connectivity index (χ0v) is 21.5. The zero-order chi connectivity index (χ0) is 24.6. The molecule has 1 unspecified atom stereocenters. The standard InChI is InChI=1S/C28H21BrClN5O/c29-18-9-4-8-17(14-18)26-24-22(10-5-11-23(24)36)32-28(34-26)35-27-31-21-13-12-19(30)15-20(21)25(33-27)16-6-2-1-3-7-16/h1-4,6-9,12-15,26H,5,10-11H2,(H2,31,32,33,34,35). The second-order valence-corrected chi connectivity index (χ2v) is 10.1. The largest absolute Gasteiger partial charge is 0.329 e. The third-order valence-corrected chi connectivity index (χ3v) is 7.09. The fraction of sp³-hybridized carbons (Fsp3) is 0.143. The van der Waals surface area contributed by atoms with Gasteiger partial charge in [0, 0.05) is 38.1 Å². The van der Waals surface area contributed by atoms with Gasteiger partial charge in [0.25, 0.3) is 0 Å². The van der Waals surface area contributed by atoms with Crippen molar-refractivity contribution in [2.75, 3.05) is 5.32 Å². The first-order valence-corrected chi connectivity index (χ1v) is 12.9. The molecular weight excluding hydrogens is 538 g/mol. The summed E-state index contributed by atoms with van der Waals surface area (Å²) in [6, 6.07) is 23.1. The Morgan fingerprint density at radius 2 is 1.83 bits per heavy atom. The van der Waals surface area contributed by atoms with Gasteiger partial charge in [0.15, 0.2) is 5.78 Å². The average Bonchev–Trinajstić information content (AvgIpc) is 2.88. The van der Waals surface area contributed by atoms with Crippen LogP contribution >= 0.6 is 27.5 Å². The maximum absolute atomic E-state index is 12.9. The van der Waals surface area contributed by atoms with Gasteiger partial charge in [0.2, 0.25) is 11.9 Å². The number of Topliss-reactive ketones (excluding diaryl/α,β-unsaturated/α-hetero) is 1. The van der Waals surface area contributed by atoms with E-state index in [4.69, 9.17) is 26.6 Å². The number of hydrogen-bond donors (Lipinski definition) is 2. The second kappa shape index (κ2) is 9.48. The van der Waals surface area contributed by atoms with Crippen LogP contribution in [0.25, 0.3) is 22.2 Å². The molecule has 1 aliphatic carbocycles. The zero-order valence-electron chi connectivity index (χ0n) is 19.1. The van der Waals surface area contributed by atoms with E-state index in [9.17, 15) is 4.79 Å². The van der Waals surface area contributed by atoms with Crippen molar-refractivity contribution >= 4 is 56.1 Å². The van der Waals surface area contributed by atoms with Crippen LogP contribution in [0.1, 0.15) is 30.9 Å². The van der Waals surface area contributed by atoms with Gasteiger partial charge in [-0.3, -0.25) is 10.1 Å². The van der Waals surface area contributed by atoms with E-state index in [-0.39, 0.29) is 5.78 Å². The number of rotatable bonds is 3. The highest BCUT2D eigenvalue weighted by atomic mass is 79.9. The third-order valence-electron chi connectivity index (χ3n) is 6.36. The Hall–Kier alpha value is -3.55. The molecule has 178 valence electrons. The number of guanidine groups is 1. The van der Waals surface area contributed by atoms with E-state index in [0.29, 0.717) is 23.4 Å². The fourth-order valence-electron chi connectivity index (χ4n) is 4.74. The molecule has 1 aromatic heterocycles. The van der Waals surface area contributed by atoms with Gasteiger partial charge in [-0.25, -0.2) is 15.0 Å². The number of fused-ring (bicyclic) bond motifs is 1. The van der Waals surface area contributed by atoms with Gasteiger partial charge in [-0.1, -0.05) is 70.0 Å². The first-order valence-electron chi connectivity index (χ1n) is 11.7. The van der Waals surface area contributed by atoms with Crippen LogP contribution in [-0.4, -0.2) is 21.7 Å². The minimum absolute atomic E-state index is 0.140. The average molecular weight is 559 g/mol. The maximum atomic E-state index is 12.9. The predicted molar refractivity (Wildman–Crippen MR) is 147 cm³/mol. The highest BCUT2D eigenvalue weighted by Crippen LogP contribution is 2.37. The van der Waals surface area contributed by atoms with Crippen molar-refractivity contribution in [1.82, 2.24) is 15.3 Å². The molecule has 3 aromatic carbocycles. The Labute approximate surface area is 221 Å². The summed E-state index contributed by atoms with van der Waals surface area (Å²) < 4.78 is 0.942. The number of halogens is 2. The van der Waals surface area contributed by atoms with Gasteiger partial charge < -0.3 is 5.32 Å². The summed E-state index contributed by atoms with van der Waals surface area (Å²) >= 11 is 9.85. The van der Waals surface area contributed by atoms with E-state index in [1.807, 2.05) is 72.8 Å². The molecule has 0 saturated heterocycles. The lowest BCUT2D eigenvalue weighted by Gasteiger charge is -2.30. The molecule has 0 saturated carbocycles. The summed E-state index contributed by atoms with van der Waals surface area (Å²) in [5.41, 5.74) is 5.10. The molecular formula is C28H21BrClN5O. The molecule has 0 bridgehead atoms. The number of hydrogen-bond acceptors (Lipinski definition) is 6. The third kappa shape index (κ3) is 4.40. The van der Waals surface area contributed by atoms with Crippen molar-refractivity contribution in [3.63, 3.8) is 0 Å². The van der Waals surface area contributed by atoms with E-state index in [1.54, 1.807) is 0 Å². The van der Waals surface area contributed by atoms with E-state index in [1.165, 1.54) is 0 Å². The van der Waals surface area contributed by atoms with E-state index < -0.39 is 6.04 Å². The Bertz CT molecular complexity index is 1570. The molecule has 36 heavy (non-hydrogen) atoms. The smallest absolute Gasteiger partial charge is 0.230 e. The summed E-state index contributed by atoms with van der Waals surface area (Å²) in [4.78, 5) is 27.4. The maximum Gasteiger partial charge on any atom is 0.230 e. The van der Waals surface area contributed by atoms with Crippen molar-refractivity contribution in [2.24, 2.45) is 4.99 Å². The molecule has 4 aromatic rings. The van der Waals surface area contributed by atoms with Crippen molar-refractivity contribution in [3.05, 3.63) is 99.1 Å². The van der Waals surface area contributed by atoms with Crippen LogP contribution < -0.4 is 10.6 Å². The molecule has 1 aliphatic heterocycles. The monoisotopic (exact) mass is 557 g/mol. The summed E-state index contributed by atoms with van der Waals surface area (Å²) in [5.74, 6) is 1.07. The summed E-state index contributed by atoms with van der Waals surface area (Å²) in [5, 5.41) is 8.13. The summed E-state index contributed by atoms with van der Waals surface area (Å²) in [6.45, 7) is 0. The van der Waals surface area contributed by atoms with Crippen LogP contribution in [0.2, 0.25) is 5.02 Å². The number of aromatic nitrogens is 2. The van der Waals surface area contributed by atoms with E-state index in [2.05, 4.69) is 26.6 Å². The number of carbonyl (C=O) groups is 1. The number of carbonyl (C=O) groups excluding carboxylic acids is 1. The minimum atomic E-state index is -0.401. The van der Waals surface area contributed by atoms with Gasteiger partial charge in [-0.05, 0) is 48.7 Å². The van der Waals surface area contributed by atoms with Gasteiger partial charge in [0.05, 0.1) is 11.2 Å². The molecule has 0 fully saturated rings. The number of benzene rings is 3. The summed E-state index contributed by atoms with van der Waals surface area (Å²) in [6.07, 6.45) is 2.15. The van der Waals surface area contributed by atoms with Gasteiger partial charge in [-0.2, -0.15) is 0 Å². The number of nitrogens with zero attached hydrogens (tertiary/aromatic N) is 3. The molecule has 6 rings (SSSR count). The van der Waals surface area contributed by atoms with Crippen molar-refractivity contribution in [2.45, 2.75) is 25.3 Å². The van der Waals surface area contributed by atoms with Crippen LogP contribution in [0.4, 0.5) is 5.95 Å². The molecule has 0 radical (unpaired) electrons. The Morgan fingerprint density at radius 3 is 2.67 bits per heavy atom. The quantitative estimate of drug-likeness (QED) is 0.288. The van der Waals surface area contributed by atoms with Gasteiger partial charge >= 0.3 is 0 Å². The van der Waals surface area contributed by atoms with Crippen LogP contribution in [0.15, 0.2) is 93.5 Å². The highest BCUT2D eigenvalue weighted by molar-refractivity contribution is 9.10. The first-order chi connectivity index (χ1) is 17.5. The highest BCUT2D eigenvalue weighted by Gasteiger charge is 2.33. The molecule has 0 spiro atoms. The van der Waals surface area contributed by atoms with Crippen LogP contribution in [-0.2, 0) is 4.79 Å². The van der Waals surface area contributed by atoms with E-state index in [0.717, 1.165) is 56.3 Å². The van der Waals surface area contributed by atoms with Crippen LogP contribution in [0, 0.1) is 0 Å². The molecule has 2 N–H and O–H groups in total. The molecule has 0 amide bonds. The Balaban J connectivity index is 1.43.